The first-order chi connectivity index (χ1) is 8.52. The lowest BCUT2D eigenvalue weighted by Crippen LogP contribution is -2.45. The highest BCUT2D eigenvalue weighted by molar-refractivity contribution is 9.10. The van der Waals surface area contributed by atoms with Crippen LogP contribution in [0.25, 0.3) is 0 Å². The highest BCUT2D eigenvalue weighted by Gasteiger charge is 2.14. The Bertz CT molecular complexity index is 418. The average Bonchev–Trinajstić information content (AvgIpc) is 2.32. The zero-order valence-corrected chi connectivity index (χ0v) is 12.1. The predicted octanol–water partition coefficient (Wildman–Crippen LogP) is 1.63. The van der Waals surface area contributed by atoms with Gasteiger partial charge in [0.1, 0.15) is 6.04 Å². The van der Waals surface area contributed by atoms with Gasteiger partial charge in [-0.05, 0) is 31.5 Å². The Balaban J connectivity index is 2.46. The van der Waals surface area contributed by atoms with Crippen molar-refractivity contribution in [2.45, 2.75) is 26.3 Å². The summed E-state index contributed by atoms with van der Waals surface area (Å²) in [6.45, 7) is 4.07. The molecule has 0 heterocycles. The van der Waals surface area contributed by atoms with Gasteiger partial charge in [0.05, 0.1) is 6.42 Å². The van der Waals surface area contributed by atoms with Crippen molar-refractivity contribution in [1.82, 2.24) is 10.6 Å². The normalized spacial score (nSPS) is 11.7. The molecule has 4 nitrogen and oxygen atoms in total. The summed E-state index contributed by atoms with van der Waals surface area (Å²) < 4.78 is 0.974. The third kappa shape index (κ3) is 4.87. The van der Waals surface area contributed by atoms with Gasteiger partial charge in [-0.2, -0.15) is 0 Å². The maximum absolute atomic E-state index is 11.7. The smallest absolute Gasteiger partial charge is 0.242 e. The average molecular weight is 313 g/mol. The van der Waals surface area contributed by atoms with Gasteiger partial charge in [-0.15, -0.1) is 0 Å². The zero-order valence-electron chi connectivity index (χ0n) is 10.5. The lowest BCUT2D eigenvalue weighted by atomic mass is 10.1. The highest BCUT2D eigenvalue weighted by atomic mass is 79.9. The van der Waals surface area contributed by atoms with Gasteiger partial charge in [0.15, 0.2) is 0 Å². The van der Waals surface area contributed by atoms with Crippen LogP contribution in [0.15, 0.2) is 28.7 Å². The number of rotatable bonds is 5. The van der Waals surface area contributed by atoms with E-state index in [1.54, 1.807) is 6.92 Å². The summed E-state index contributed by atoms with van der Waals surface area (Å²) >= 11 is 3.33. The summed E-state index contributed by atoms with van der Waals surface area (Å²) in [5.41, 5.74) is 0.916. The molecule has 0 fully saturated rings. The molecular formula is C13H17BrN2O2. The maximum atomic E-state index is 11.7. The van der Waals surface area contributed by atoms with Crippen molar-refractivity contribution in [3.05, 3.63) is 34.3 Å². The summed E-state index contributed by atoms with van der Waals surface area (Å²) in [4.78, 5) is 23.2. The highest BCUT2D eigenvalue weighted by Crippen LogP contribution is 2.10. The minimum atomic E-state index is -0.507. The van der Waals surface area contributed by atoms with Crippen LogP contribution in [0.1, 0.15) is 19.4 Å². The third-order valence-electron chi connectivity index (χ3n) is 2.40. The molecule has 0 aliphatic heterocycles. The molecule has 0 radical (unpaired) electrons. The first-order valence-electron chi connectivity index (χ1n) is 5.84. The van der Waals surface area contributed by atoms with Crippen LogP contribution in [0.5, 0.6) is 0 Å². The number of hydrogen-bond acceptors (Lipinski definition) is 2. The first kappa shape index (κ1) is 14.7. The monoisotopic (exact) mass is 312 g/mol. The zero-order chi connectivity index (χ0) is 13.5. The van der Waals surface area contributed by atoms with Gasteiger partial charge in [-0.25, -0.2) is 0 Å². The molecule has 0 aliphatic rings. The molecule has 2 amide bonds. The van der Waals surface area contributed by atoms with E-state index in [4.69, 9.17) is 0 Å². The van der Waals surface area contributed by atoms with Crippen LogP contribution >= 0.6 is 15.9 Å². The number of carbonyl (C=O) groups excluding carboxylic acids is 2. The van der Waals surface area contributed by atoms with E-state index < -0.39 is 6.04 Å². The van der Waals surface area contributed by atoms with E-state index in [9.17, 15) is 9.59 Å². The third-order valence-corrected chi connectivity index (χ3v) is 2.93. The molecule has 0 aliphatic carbocycles. The van der Waals surface area contributed by atoms with Crippen LogP contribution in [0.3, 0.4) is 0 Å². The van der Waals surface area contributed by atoms with Crippen LogP contribution in [-0.4, -0.2) is 24.4 Å². The van der Waals surface area contributed by atoms with E-state index in [0.717, 1.165) is 10.0 Å². The first-order valence-corrected chi connectivity index (χ1v) is 6.63. The van der Waals surface area contributed by atoms with Gasteiger partial charge in [0.25, 0.3) is 0 Å². The quantitative estimate of drug-likeness (QED) is 0.868. The largest absolute Gasteiger partial charge is 0.355 e. The Morgan fingerprint density at radius 2 is 1.89 bits per heavy atom. The van der Waals surface area contributed by atoms with Crippen molar-refractivity contribution in [2.24, 2.45) is 0 Å². The van der Waals surface area contributed by atoms with E-state index in [1.165, 1.54) is 0 Å². The molecule has 0 spiro atoms. The second kappa shape index (κ2) is 7.16. The second-order valence-corrected chi connectivity index (χ2v) is 4.90. The number of carbonyl (C=O) groups is 2. The summed E-state index contributed by atoms with van der Waals surface area (Å²) in [6.07, 6.45) is 0.275. The fourth-order valence-corrected chi connectivity index (χ4v) is 1.74. The molecule has 18 heavy (non-hydrogen) atoms. The second-order valence-electron chi connectivity index (χ2n) is 3.99. The molecule has 5 heteroatoms. The van der Waals surface area contributed by atoms with Crippen LogP contribution in [0.2, 0.25) is 0 Å². The van der Waals surface area contributed by atoms with Gasteiger partial charge in [0, 0.05) is 11.0 Å². The number of benzene rings is 1. The van der Waals surface area contributed by atoms with Crippen LogP contribution in [-0.2, 0) is 16.0 Å². The van der Waals surface area contributed by atoms with E-state index in [-0.39, 0.29) is 18.2 Å². The van der Waals surface area contributed by atoms with E-state index >= 15 is 0 Å². The van der Waals surface area contributed by atoms with Crippen molar-refractivity contribution >= 4 is 27.7 Å². The molecular weight excluding hydrogens is 296 g/mol. The summed E-state index contributed by atoms with van der Waals surface area (Å²) in [6, 6.07) is 7.01. The Kier molecular flexibility index (Phi) is 5.85. The molecule has 2 N–H and O–H groups in total. The van der Waals surface area contributed by atoms with Crippen LogP contribution in [0, 0.1) is 0 Å². The summed E-state index contributed by atoms with van der Waals surface area (Å²) in [5.74, 6) is -0.322. The van der Waals surface area contributed by atoms with Crippen molar-refractivity contribution < 1.29 is 9.59 Å². The molecule has 0 unspecified atom stereocenters. The standard InChI is InChI=1S/C13H17BrN2O2/c1-3-15-13(18)9(2)16-12(17)8-10-4-6-11(14)7-5-10/h4-7,9H,3,8H2,1-2H3,(H,15,18)(H,16,17)/t9-/m1/s1. The van der Waals surface area contributed by atoms with Crippen LogP contribution in [0.4, 0.5) is 0 Å². The van der Waals surface area contributed by atoms with Crippen LogP contribution < -0.4 is 10.6 Å². The van der Waals surface area contributed by atoms with Gasteiger partial charge in [0.2, 0.25) is 11.8 Å². The summed E-state index contributed by atoms with van der Waals surface area (Å²) in [7, 11) is 0. The molecule has 1 atom stereocenters. The number of amides is 2. The minimum absolute atomic E-state index is 0.156. The van der Waals surface area contributed by atoms with Gasteiger partial charge < -0.3 is 10.6 Å². The predicted molar refractivity (Wildman–Crippen MR) is 74.1 cm³/mol. The van der Waals surface area contributed by atoms with E-state index in [1.807, 2.05) is 31.2 Å². The van der Waals surface area contributed by atoms with Crippen molar-refractivity contribution in [3.63, 3.8) is 0 Å². The maximum Gasteiger partial charge on any atom is 0.242 e. The lowest BCUT2D eigenvalue weighted by Gasteiger charge is -2.13. The van der Waals surface area contributed by atoms with E-state index in [2.05, 4.69) is 26.6 Å². The number of likely N-dealkylation sites (N-methyl/N-ethyl adjacent to an activating group) is 1. The fraction of sp³-hybridized carbons (Fsp3) is 0.385. The number of hydrogen-bond donors (Lipinski definition) is 2. The van der Waals surface area contributed by atoms with Gasteiger partial charge in [-0.1, -0.05) is 28.1 Å². The Morgan fingerprint density at radius 3 is 2.44 bits per heavy atom. The van der Waals surface area contributed by atoms with Crippen molar-refractivity contribution in [1.29, 1.82) is 0 Å². The molecule has 1 rings (SSSR count). The molecule has 1 aromatic carbocycles. The van der Waals surface area contributed by atoms with Crippen molar-refractivity contribution in [2.75, 3.05) is 6.54 Å². The lowest BCUT2D eigenvalue weighted by molar-refractivity contribution is -0.128. The molecule has 0 bridgehead atoms. The topological polar surface area (TPSA) is 58.2 Å². The van der Waals surface area contributed by atoms with Gasteiger partial charge >= 0.3 is 0 Å². The Morgan fingerprint density at radius 1 is 1.28 bits per heavy atom. The molecule has 98 valence electrons. The van der Waals surface area contributed by atoms with Crippen molar-refractivity contribution in [3.8, 4) is 0 Å². The number of nitrogens with one attached hydrogen (secondary N) is 2. The van der Waals surface area contributed by atoms with E-state index in [0.29, 0.717) is 6.54 Å². The molecule has 0 aromatic heterocycles. The molecule has 0 saturated carbocycles. The Labute approximate surface area is 115 Å². The number of halogens is 1. The SMILES string of the molecule is CCNC(=O)[C@@H](C)NC(=O)Cc1ccc(Br)cc1. The minimum Gasteiger partial charge on any atom is -0.355 e. The Hall–Kier alpha value is -1.36. The summed E-state index contributed by atoms with van der Waals surface area (Å²) in [5, 5.41) is 5.33. The molecule has 0 saturated heterocycles. The van der Waals surface area contributed by atoms with Gasteiger partial charge in [-0.3, -0.25) is 9.59 Å². The fourth-order valence-electron chi connectivity index (χ4n) is 1.47. The molecule has 1 aromatic rings.